The molecule has 0 heterocycles. The summed E-state index contributed by atoms with van der Waals surface area (Å²) in [7, 11) is 1.57. The molecule has 2 amide bonds. The minimum atomic E-state index is -0.345. The first-order valence-electron chi connectivity index (χ1n) is 8.75. The number of amides is 2. The molecule has 6 nitrogen and oxygen atoms in total. The highest BCUT2D eigenvalue weighted by Gasteiger charge is 2.13. The van der Waals surface area contributed by atoms with Crippen LogP contribution in [0.2, 0.25) is 0 Å². The van der Waals surface area contributed by atoms with E-state index in [1.54, 1.807) is 19.2 Å². The van der Waals surface area contributed by atoms with Crippen LogP contribution in [0.5, 0.6) is 5.75 Å². The van der Waals surface area contributed by atoms with Crippen LogP contribution in [-0.2, 0) is 17.6 Å². The molecule has 0 bridgehead atoms. The fraction of sp³-hybridized carbons (Fsp3) is 0.300. The number of aryl methyl sites for hydroxylation is 2. The van der Waals surface area contributed by atoms with Gasteiger partial charge in [-0.15, -0.1) is 0 Å². The molecule has 26 heavy (non-hydrogen) atoms. The van der Waals surface area contributed by atoms with Gasteiger partial charge in [0.15, 0.2) is 0 Å². The van der Waals surface area contributed by atoms with Gasteiger partial charge in [-0.25, -0.2) is 0 Å². The SMILES string of the molecule is COc1ccccc1NCC(=O)NNC(=O)c1ccc2c(c1)CCCC2. The molecule has 3 rings (SSSR count). The van der Waals surface area contributed by atoms with E-state index in [4.69, 9.17) is 4.74 Å². The molecule has 0 fully saturated rings. The van der Waals surface area contributed by atoms with Gasteiger partial charge in [-0.1, -0.05) is 18.2 Å². The smallest absolute Gasteiger partial charge is 0.269 e. The van der Waals surface area contributed by atoms with Crippen molar-refractivity contribution < 1.29 is 14.3 Å². The Morgan fingerprint density at radius 2 is 1.77 bits per heavy atom. The number of carbonyl (C=O) groups is 2. The lowest BCUT2D eigenvalue weighted by molar-refractivity contribution is -0.120. The Balaban J connectivity index is 1.50. The molecule has 1 aliphatic rings. The molecular weight excluding hydrogens is 330 g/mol. The van der Waals surface area contributed by atoms with Gasteiger partial charge in [0.1, 0.15) is 5.75 Å². The quantitative estimate of drug-likeness (QED) is 0.722. The van der Waals surface area contributed by atoms with Gasteiger partial charge in [-0.3, -0.25) is 20.4 Å². The van der Waals surface area contributed by atoms with Gasteiger partial charge in [0.2, 0.25) is 0 Å². The van der Waals surface area contributed by atoms with Crippen molar-refractivity contribution in [3.63, 3.8) is 0 Å². The van der Waals surface area contributed by atoms with Crippen LogP contribution in [-0.4, -0.2) is 25.5 Å². The number of nitrogens with one attached hydrogen (secondary N) is 3. The Labute approximate surface area is 152 Å². The highest BCUT2D eigenvalue weighted by molar-refractivity contribution is 5.96. The summed E-state index contributed by atoms with van der Waals surface area (Å²) < 4.78 is 5.22. The van der Waals surface area contributed by atoms with Crippen LogP contribution in [0.1, 0.15) is 34.3 Å². The lowest BCUT2D eigenvalue weighted by Crippen LogP contribution is -2.44. The fourth-order valence-corrected chi connectivity index (χ4v) is 3.08. The standard InChI is InChI=1S/C20H23N3O3/c1-26-18-9-5-4-8-17(18)21-13-19(24)22-23-20(25)16-11-10-14-6-2-3-7-15(14)12-16/h4-5,8-12,21H,2-3,6-7,13H2,1H3,(H,22,24)(H,23,25). The normalized spacial score (nSPS) is 12.7. The summed E-state index contributed by atoms with van der Waals surface area (Å²) in [5, 5.41) is 2.98. The van der Waals surface area contributed by atoms with E-state index in [2.05, 4.69) is 16.2 Å². The number of carbonyl (C=O) groups excluding carboxylic acids is 2. The summed E-state index contributed by atoms with van der Waals surface area (Å²) in [6.45, 7) is 0.0187. The summed E-state index contributed by atoms with van der Waals surface area (Å²) in [6.07, 6.45) is 4.44. The third-order valence-corrected chi connectivity index (χ3v) is 4.47. The molecule has 0 spiro atoms. The van der Waals surface area contributed by atoms with E-state index in [0.29, 0.717) is 17.0 Å². The summed E-state index contributed by atoms with van der Waals surface area (Å²) in [4.78, 5) is 24.2. The average molecular weight is 353 g/mol. The number of rotatable bonds is 5. The third kappa shape index (κ3) is 4.33. The van der Waals surface area contributed by atoms with Crippen LogP contribution in [0.4, 0.5) is 5.69 Å². The molecule has 0 radical (unpaired) electrons. The van der Waals surface area contributed by atoms with Crippen LogP contribution in [0.15, 0.2) is 42.5 Å². The number of anilines is 1. The van der Waals surface area contributed by atoms with E-state index in [-0.39, 0.29) is 18.4 Å². The average Bonchev–Trinajstić information content (AvgIpc) is 2.70. The zero-order valence-corrected chi connectivity index (χ0v) is 14.8. The maximum atomic E-state index is 12.2. The summed E-state index contributed by atoms with van der Waals surface area (Å²) in [5.41, 5.74) is 8.71. The van der Waals surface area contributed by atoms with Crippen molar-refractivity contribution in [2.45, 2.75) is 25.7 Å². The molecule has 0 unspecified atom stereocenters. The fourth-order valence-electron chi connectivity index (χ4n) is 3.08. The first-order valence-corrected chi connectivity index (χ1v) is 8.75. The molecule has 0 saturated carbocycles. The number of ether oxygens (including phenoxy) is 1. The molecule has 2 aromatic rings. The summed E-state index contributed by atoms with van der Waals surface area (Å²) >= 11 is 0. The molecule has 0 aliphatic heterocycles. The number of hydrogen-bond donors (Lipinski definition) is 3. The number of hydrogen-bond acceptors (Lipinski definition) is 4. The summed E-state index contributed by atoms with van der Waals surface area (Å²) in [5.74, 6) is -0.00961. The van der Waals surface area contributed by atoms with Crippen molar-refractivity contribution in [1.82, 2.24) is 10.9 Å². The molecule has 136 valence electrons. The van der Waals surface area contributed by atoms with Gasteiger partial charge in [-0.05, 0) is 61.1 Å². The van der Waals surface area contributed by atoms with Crippen LogP contribution >= 0.6 is 0 Å². The van der Waals surface area contributed by atoms with Crippen molar-refractivity contribution in [3.8, 4) is 5.75 Å². The first kappa shape index (κ1) is 17.8. The highest BCUT2D eigenvalue weighted by Crippen LogP contribution is 2.23. The third-order valence-electron chi connectivity index (χ3n) is 4.47. The Morgan fingerprint density at radius 3 is 2.58 bits per heavy atom. The predicted octanol–water partition coefficient (Wildman–Crippen LogP) is 2.45. The van der Waals surface area contributed by atoms with E-state index >= 15 is 0 Å². The van der Waals surface area contributed by atoms with Crippen molar-refractivity contribution in [2.24, 2.45) is 0 Å². The van der Waals surface area contributed by atoms with Gasteiger partial charge in [0.05, 0.1) is 19.3 Å². The van der Waals surface area contributed by atoms with E-state index in [9.17, 15) is 9.59 Å². The monoisotopic (exact) mass is 353 g/mol. The van der Waals surface area contributed by atoms with Crippen molar-refractivity contribution >= 4 is 17.5 Å². The Morgan fingerprint density at radius 1 is 1.00 bits per heavy atom. The van der Waals surface area contributed by atoms with Crippen LogP contribution < -0.4 is 20.9 Å². The van der Waals surface area contributed by atoms with Crippen molar-refractivity contribution in [1.29, 1.82) is 0 Å². The second-order valence-electron chi connectivity index (χ2n) is 6.25. The molecule has 3 N–H and O–H groups in total. The van der Waals surface area contributed by atoms with Gasteiger partial charge < -0.3 is 10.1 Å². The number of fused-ring (bicyclic) bond motifs is 1. The lowest BCUT2D eigenvalue weighted by atomic mass is 9.90. The van der Waals surface area contributed by atoms with Crippen LogP contribution in [0.3, 0.4) is 0 Å². The Hall–Kier alpha value is -3.02. The second kappa shape index (κ2) is 8.38. The lowest BCUT2D eigenvalue weighted by Gasteiger charge is -2.16. The van der Waals surface area contributed by atoms with Crippen LogP contribution in [0.25, 0.3) is 0 Å². The summed E-state index contributed by atoms with van der Waals surface area (Å²) in [6, 6.07) is 13.1. The topological polar surface area (TPSA) is 79.5 Å². The zero-order chi connectivity index (χ0) is 18.4. The zero-order valence-electron chi connectivity index (χ0n) is 14.8. The largest absolute Gasteiger partial charge is 0.495 e. The van der Waals surface area contributed by atoms with Gasteiger partial charge >= 0.3 is 0 Å². The number of hydrazine groups is 1. The highest BCUT2D eigenvalue weighted by atomic mass is 16.5. The molecule has 0 saturated heterocycles. The van der Waals surface area contributed by atoms with Gasteiger partial charge in [-0.2, -0.15) is 0 Å². The van der Waals surface area contributed by atoms with Crippen molar-refractivity contribution in [3.05, 3.63) is 59.2 Å². The van der Waals surface area contributed by atoms with Gasteiger partial charge in [0.25, 0.3) is 11.8 Å². The number of benzene rings is 2. The number of para-hydroxylation sites is 2. The van der Waals surface area contributed by atoms with E-state index in [1.807, 2.05) is 30.3 Å². The van der Waals surface area contributed by atoms with Crippen LogP contribution in [0, 0.1) is 0 Å². The number of methoxy groups -OCH3 is 1. The Kier molecular flexibility index (Phi) is 5.73. The molecular formula is C20H23N3O3. The first-order chi connectivity index (χ1) is 12.7. The maximum absolute atomic E-state index is 12.2. The van der Waals surface area contributed by atoms with Gasteiger partial charge in [0, 0.05) is 5.56 Å². The molecule has 0 aromatic heterocycles. The Bertz CT molecular complexity index is 805. The van der Waals surface area contributed by atoms with E-state index in [0.717, 1.165) is 19.3 Å². The van der Waals surface area contributed by atoms with Crippen molar-refractivity contribution in [2.75, 3.05) is 19.0 Å². The molecule has 1 aliphatic carbocycles. The predicted molar refractivity (Wildman–Crippen MR) is 100 cm³/mol. The molecule has 0 atom stereocenters. The van der Waals surface area contributed by atoms with E-state index < -0.39 is 0 Å². The minimum absolute atomic E-state index is 0.0187. The second-order valence-corrected chi connectivity index (χ2v) is 6.25. The molecule has 2 aromatic carbocycles. The van der Waals surface area contributed by atoms with E-state index in [1.165, 1.54) is 17.5 Å². The minimum Gasteiger partial charge on any atom is -0.495 e. The molecule has 6 heteroatoms. The maximum Gasteiger partial charge on any atom is 0.269 e.